The molecule has 1 N–H and O–H groups in total. The fourth-order valence-corrected chi connectivity index (χ4v) is 2.76. The zero-order valence-corrected chi connectivity index (χ0v) is 12.2. The first-order valence-electron chi connectivity index (χ1n) is 6.66. The lowest BCUT2D eigenvalue weighted by Crippen LogP contribution is -2.18. The standard InChI is InChI=1S/C14H18BrN3/c1-2-16-8-7-14-17-12-9-10(15)3-6-13(12)18(14)11-4-5-11/h3,6,9,11,16H,2,4-5,7-8H2,1H3. The molecule has 3 rings (SSSR count). The van der Waals surface area contributed by atoms with Gasteiger partial charge in [0, 0.05) is 23.5 Å². The Balaban J connectivity index is 1.98. The van der Waals surface area contributed by atoms with Gasteiger partial charge in [-0.25, -0.2) is 4.98 Å². The van der Waals surface area contributed by atoms with Crippen molar-refractivity contribution in [2.24, 2.45) is 0 Å². The number of imidazole rings is 1. The first kappa shape index (κ1) is 12.2. The largest absolute Gasteiger partial charge is 0.325 e. The van der Waals surface area contributed by atoms with Crippen molar-refractivity contribution >= 4 is 27.0 Å². The van der Waals surface area contributed by atoms with E-state index < -0.39 is 0 Å². The van der Waals surface area contributed by atoms with Crippen LogP contribution in [0.4, 0.5) is 0 Å². The molecular weight excluding hydrogens is 290 g/mol. The quantitative estimate of drug-likeness (QED) is 0.859. The normalized spacial score (nSPS) is 15.4. The van der Waals surface area contributed by atoms with E-state index in [2.05, 4.69) is 50.9 Å². The van der Waals surface area contributed by atoms with Gasteiger partial charge in [-0.05, 0) is 37.6 Å². The molecule has 18 heavy (non-hydrogen) atoms. The summed E-state index contributed by atoms with van der Waals surface area (Å²) in [5.74, 6) is 1.23. The highest BCUT2D eigenvalue weighted by Gasteiger charge is 2.27. The predicted molar refractivity (Wildman–Crippen MR) is 78.0 cm³/mol. The van der Waals surface area contributed by atoms with E-state index in [0.29, 0.717) is 6.04 Å². The van der Waals surface area contributed by atoms with Crippen molar-refractivity contribution < 1.29 is 0 Å². The van der Waals surface area contributed by atoms with Gasteiger partial charge in [0.25, 0.3) is 0 Å². The highest BCUT2D eigenvalue weighted by Crippen LogP contribution is 2.39. The van der Waals surface area contributed by atoms with Gasteiger partial charge in [-0.3, -0.25) is 0 Å². The number of fused-ring (bicyclic) bond motifs is 1. The van der Waals surface area contributed by atoms with Crippen LogP contribution in [0.1, 0.15) is 31.6 Å². The van der Waals surface area contributed by atoms with E-state index in [1.54, 1.807) is 0 Å². The number of nitrogens with one attached hydrogen (secondary N) is 1. The number of benzene rings is 1. The zero-order valence-electron chi connectivity index (χ0n) is 10.6. The van der Waals surface area contributed by atoms with Crippen molar-refractivity contribution in [1.29, 1.82) is 0 Å². The van der Waals surface area contributed by atoms with Gasteiger partial charge in [-0.1, -0.05) is 22.9 Å². The van der Waals surface area contributed by atoms with Crippen LogP contribution in [-0.2, 0) is 6.42 Å². The minimum atomic E-state index is 0.688. The summed E-state index contributed by atoms with van der Waals surface area (Å²) in [6.07, 6.45) is 3.61. The maximum Gasteiger partial charge on any atom is 0.111 e. The van der Waals surface area contributed by atoms with Gasteiger partial charge in [0.1, 0.15) is 5.82 Å². The van der Waals surface area contributed by atoms with Crippen LogP contribution < -0.4 is 5.32 Å². The maximum absolute atomic E-state index is 4.80. The average Bonchev–Trinajstić information content (AvgIpc) is 3.12. The van der Waals surface area contributed by atoms with Gasteiger partial charge in [0.2, 0.25) is 0 Å². The lowest BCUT2D eigenvalue weighted by Gasteiger charge is -2.07. The van der Waals surface area contributed by atoms with Crippen LogP contribution in [0, 0.1) is 0 Å². The first-order chi connectivity index (χ1) is 8.79. The summed E-state index contributed by atoms with van der Waals surface area (Å²) in [6.45, 7) is 4.17. The lowest BCUT2D eigenvalue weighted by molar-refractivity contribution is 0.648. The van der Waals surface area contributed by atoms with Crippen molar-refractivity contribution in [2.45, 2.75) is 32.2 Å². The van der Waals surface area contributed by atoms with E-state index in [0.717, 1.165) is 29.5 Å². The summed E-state index contributed by atoms with van der Waals surface area (Å²) in [5.41, 5.74) is 2.40. The Labute approximate surface area is 116 Å². The Hall–Kier alpha value is -0.870. The molecule has 0 spiro atoms. The van der Waals surface area contributed by atoms with Gasteiger partial charge in [0.15, 0.2) is 0 Å². The van der Waals surface area contributed by atoms with Crippen LogP contribution in [0.15, 0.2) is 22.7 Å². The number of halogens is 1. The van der Waals surface area contributed by atoms with Crippen LogP contribution in [0.2, 0.25) is 0 Å². The molecule has 1 aromatic carbocycles. The van der Waals surface area contributed by atoms with E-state index in [1.165, 1.54) is 24.2 Å². The molecule has 0 atom stereocenters. The minimum Gasteiger partial charge on any atom is -0.325 e. The van der Waals surface area contributed by atoms with Gasteiger partial charge < -0.3 is 9.88 Å². The molecule has 0 bridgehead atoms. The summed E-state index contributed by atoms with van der Waals surface area (Å²) in [5, 5.41) is 3.38. The number of rotatable bonds is 5. The fourth-order valence-electron chi connectivity index (χ4n) is 2.42. The number of hydrogen-bond donors (Lipinski definition) is 1. The second-order valence-corrected chi connectivity index (χ2v) is 5.78. The van der Waals surface area contributed by atoms with Crippen LogP contribution in [0.5, 0.6) is 0 Å². The predicted octanol–water partition coefficient (Wildman–Crippen LogP) is 3.29. The van der Waals surface area contributed by atoms with Crippen molar-refractivity contribution in [3.05, 3.63) is 28.5 Å². The summed E-state index contributed by atoms with van der Waals surface area (Å²) < 4.78 is 3.55. The molecule has 2 aromatic rings. The molecule has 1 heterocycles. The van der Waals surface area contributed by atoms with E-state index in [-0.39, 0.29) is 0 Å². The molecule has 1 fully saturated rings. The maximum atomic E-state index is 4.80. The van der Waals surface area contributed by atoms with Crippen molar-refractivity contribution in [1.82, 2.24) is 14.9 Å². The van der Waals surface area contributed by atoms with Crippen molar-refractivity contribution in [3.63, 3.8) is 0 Å². The summed E-state index contributed by atoms with van der Waals surface area (Å²) >= 11 is 3.52. The van der Waals surface area contributed by atoms with Gasteiger partial charge in [-0.2, -0.15) is 0 Å². The second-order valence-electron chi connectivity index (χ2n) is 4.87. The van der Waals surface area contributed by atoms with Crippen LogP contribution in [-0.4, -0.2) is 22.6 Å². The average molecular weight is 308 g/mol. The Morgan fingerprint density at radius 3 is 3.00 bits per heavy atom. The molecule has 1 aliphatic rings. The highest BCUT2D eigenvalue weighted by molar-refractivity contribution is 9.10. The van der Waals surface area contributed by atoms with Gasteiger partial charge in [-0.15, -0.1) is 0 Å². The molecule has 4 heteroatoms. The smallest absolute Gasteiger partial charge is 0.111 e. The monoisotopic (exact) mass is 307 g/mol. The van der Waals surface area contributed by atoms with E-state index in [9.17, 15) is 0 Å². The molecule has 1 saturated carbocycles. The molecule has 1 aromatic heterocycles. The Kier molecular flexibility index (Phi) is 3.39. The van der Waals surface area contributed by atoms with Crippen LogP contribution >= 0.6 is 15.9 Å². The van der Waals surface area contributed by atoms with Gasteiger partial charge >= 0.3 is 0 Å². The molecule has 3 nitrogen and oxygen atoms in total. The van der Waals surface area contributed by atoms with E-state index in [1.807, 2.05) is 0 Å². The molecule has 0 radical (unpaired) electrons. The minimum absolute atomic E-state index is 0.688. The molecular formula is C14H18BrN3. The third-order valence-electron chi connectivity index (χ3n) is 3.41. The molecule has 0 saturated heterocycles. The van der Waals surface area contributed by atoms with E-state index >= 15 is 0 Å². The summed E-state index contributed by atoms with van der Waals surface area (Å²) in [4.78, 5) is 4.80. The summed E-state index contributed by atoms with van der Waals surface area (Å²) in [6, 6.07) is 7.09. The molecule has 0 amide bonds. The number of aromatic nitrogens is 2. The number of nitrogens with zero attached hydrogens (tertiary/aromatic N) is 2. The van der Waals surface area contributed by atoms with Crippen molar-refractivity contribution in [2.75, 3.05) is 13.1 Å². The second kappa shape index (κ2) is 5.02. The Bertz CT molecular complexity index is 557. The van der Waals surface area contributed by atoms with Crippen LogP contribution in [0.3, 0.4) is 0 Å². The van der Waals surface area contributed by atoms with Crippen LogP contribution in [0.25, 0.3) is 11.0 Å². The van der Waals surface area contributed by atoms with Crippen molar-refractivity contribution in [3.8, 4) is 0 Å². The lowest BCUT2D eigenvalue weighted by atomic mass is 10.3. The Morgan fingerprint density at radius 2 is 2.28 bits per heavy atom. The molecule has 0 aliphatic heterocycles. The number of hydrogen-bond acceptors (Lipinski definition) is 2. The SMILES string of the molecule is CCNCCc1nc2cc(Br)ccc2n1C1CC1. The highest BCUT2D eigenvalue weighted by atomic mass is 79.9. The molecule has 0 unspecified atom stereocenters. The summed E-state index contributed by atoms with van der Waals surface area (Å²) in [7, 11) is 0. The van der Waals surface area contributed by atoms with E-state index in [4.69, 9.17) is 4.98 Å². The number of likely N-dealkylation sites (N-methyl/N-ethyl adjacent to an activating group) is 1. The Morgan fingerprint density at radius 1 is 1.44 bits per heavy atom. The third-order valence-corrected chi connectivity index (χ3v) is 3.91. The zero-order chi connectivity index (χ0) is 12.5. The van der Waals surface area contributed by atoms with Gasteiger partial charge in [0.05, 0.1) is 11.0 Å². The first-order valence-corrected chi connectivity index (χ1v) is 7.46. The topological polar surface area (TPSA) is 29.9 Å². The fraction of sp³-hybridized carbons (Fsp3) is 0.500. The molecule has 96 valence electrons. The molecule has 1 aliphatic carbocycles. The third kappa shape index (κ3) is 2.31.